The van der Waals surface area contributed by atoms with Crippen LogP contribution in [0.3, 0.4) is 0 Å². The Morgan fingerprint density at radius 2 is 2.15 bits per heavy atom. The zero-order chi connectivity index (χ0) is 10.1. The molecular formula is C8H11BrN2OS. The molecule has 0 amide bonds. The molecule has 1 atom stereocenters. The van der Waals surface area contributed by atoms with Gasteiger partial charge in [-0.05, 0) is 18.2 Å². The maximum absolute atomic E-state index is 11.9. The van der Waals surface area contributed by atoms with Crippen LogP contribution >= 0.6 is 15.9 Å². The number of hydrogen-bond acceptors (Lipinski definition) is 3. The van der Waals surface area contributed by atoms with Gasteiger partial charge in [-0.1, -0.05) is 15.9 Å². The predicted molar refractivity (Wildman–Crippen MR) is 59.2 cm³/mol. The second-order valence-corrected chi connectivity index (χ2v) is 5.99. The van der Waals surface area contributed by atoms with Crippen LogP contribution in [0.1, 0.15) is 0 Å². The van der Waals surface area contributed by atoms with Gasteiger partial charge < -0.3 is 5.73 Å². The minimum absolute atomic E-state index is 0.515. The summed E-state index contributed by atoms with van der Waals surface area (Å²) in [5.74, 6) is 0. The maximum Gasteiger partial charge on any atom is 0.0741 e. The molecule has 72 valence electrons. The molecule has 0 bridgehead atoms. The molecule has 13 heavy (non-hydrogen) atoms. The molecule has 0 aliphatic heterocycles. The number of nitrogen functional groups attached to an aromatic ring is 1. The molecule has 1 aromatic rings. The lowest BCUT2D eigenvalue weighted by Crippen LogP contribution is -2.01. The summed E-state index contributed by atoms with van der Waals surface area (Å²) in [6, 6.07) is 5.27. The normalized spacial score (nSPS) is 15.0. The third kappa shape index (κ3) is 2.22. The average Bonchev–Trinajstić information content (AvgIpc) is 2.09. The Bertz CT molecular complexity index is 436. The Labute approximate surface area is 86.6 Å². The second kappa shape index (κ2) is 3.67. The summed E-state index contributed by atoms with van der Waals surface area (Å²) in [6.07, 6.45) is 1.57. The van der Waals surface area contributed by atoms with Gasteiger partial charge in [-0.25, -0.2) is 8.57 Å². The van der Waals surface area contributed by atoms with E-state index in [1.165, 1.54) is 7.05 Å². The van der Waals surface area contributed by atoms with E-state index in [-0.39, 0.29) is 0 Å². The average molecular weight is 263 g/mol. The van der Waals surface area contributed by atoms with E-state index in [0.717, 1.165) is 4.47 Å². The lowest BCUT2D eigenvalue weighted by atomic mass is 10.3. The molecule has 2 N–H and O–H groups in total. The van der Waals surface area contributed by atoms with E-state index >= 15 is 0 Å². The molecule has 1 aromatic carbocycles. The van der Waals surface area contributed by atoms with Crippen LogP contribution in [0.25, 0.3) is 0 Å². The first-order valence-corrected chi connectivity index (χ1v) is 6.34. The maximum atomic E-state index is 11.9. The number of nitrogens with two attached hydrogens (primary N) is 1. The van der Waals surface area contributed by atoms with E-state index in [4.69, 9.17) is 5.73 Å². The Morgan fingerprint density at radius 1 is 1.54 bits per heavy atom. The van der Waals surface area contributed by atoms with Crippen molar-refractivity contribution in [2.24, 2.45) is 4.36 Å². The van der Waals surface area contributed by atoms with Crippen molar-refractivity contribution in [3.05, 3.63) is 22.7 Å². The fourth-order valence-corrected chi connectivity index (χ4v) is 2.49. The third-order valence-corrected chi connectivity index (χ3v) is 4.09. The number of anilines is 1. The van der Waals surface area contributed by atoms with Gasteiger partial charge in [0.2, 0.25) is 0 Å². The van der Waals surface area contributed by atoms with Gasteiger partial charge in [-0.2, -0.15) is 0 Å². The predicted octanol–water partition coefficient (Wildman–Crippen LogP) is 2.12. The fourth-order valence-electron chi connectivity index (χ4n) is 0.935. The lowest BCUT2D eigenvalue weighted by molar-refractivity contribution is 0.680. The third-order valence-electron chi connectivity index (χ3n) is 1.73. The minimum Gasteiger partial charge on any atom is -0.398 e. The van der Waals surface area contributed by atoms with Crippen molar-refractivity contribution in [1.29, 1.82) is 0 Å². The SMILES string of the molecule is CN=S(C)(=O)c1cc(Br)ccc1N. The van der Waals surface area contributed by atoms with Gasteiger partial charge in [0.15, 0.2) is 0 Å². The summed E-state index contributed by atoms with van der Waals surface area (Å²) in [4.78, 5) is 0.587. The Hall–Kier alpha value is -0.550. The van der Waals surface area contributed by atoms with Gasteiger partial charge in [0.05, 0.1) is 14.6 Å². The quantitative estimate of drug-likeness (QED) is 0.789. The molecule has 0 heterocycles. The highest BCUT2D eigenvalue weighted by atomic mass is 79.9. The summed E-state index contributed by atoms with van der Waals surface area (Å²) in [5.41, 5.74) is 6.21. The molecule has 0 radical (unpaired) electrons. The molecule has 0 aromatic heterocycles. The van der Waals surface area contributed by atoms with Crippen LogP contribution in [0.2, 0.25) is 0 Å². The molecule has 0 spiro atoms. The first-order valence-electron chi connectivity index (χ1n) is 3.62. The highest BCUT2D eigenvalue weighted by molar-refractivity contribution is 9.10. The minimum atomic E-state index is -2.33. The van der Waals surface area contributed by atoms with Crippen molar-refractivity contribution in [3.8, 4) is 0 Å². The van der Waals surface area contributed by atoms with Crippen LogP contribution < -0.4 is 5.73 Å². The molecule has 0 aliphatic carbocycles. The number of nitrogens with zero attached hydrogens (tertiary/aromatic N) is 1. The van der Waals surface area contributed by atoms with E-state index in [9.17, 15) is 4.21 Å². The van der Waals surface area contributed by atoms with Gasteiger partial charge >= 0.3 is 0 Å². The van der Waals surface area contributed by atoms with Crippen LogP contribution in [0.15, 0.2) is 31.9 Å². The summed E-state index contributed by atoms with van der Waals surface area (Å²) >= 11 is 3.30. The van der Waals surface area contributed by atoms with E-state index < -0.39 is 9.73 Å². The Balaban J connectivity index is 3.47. The van der Waals surface area contributed by atoms with Gasteiger partial charge in [0.25, 0.3) is 0 Å². The first-order chi connectivity index (χ1) is 5.97. The summed E-state index contributed by atoms with van der Waals surface area (Å²) < 4.78 is 16.5. The van der Waals surface area contributed by atoms with Crippen molar-refractivity contribution in [1.82, 2.24) is 0 Å². The zero-order valence-electron chi connectivity index (χ0n) is 7.45. The van der Waals surface area contributed by atoms with Crippen LogP contribution in [-0.4, -0.2) is 17.5 Å². The van der Waals surface area contributed by atoms with Gasteiger partial charge in [-0.15, -0.1) is 0 Å². The monoisotopic (exact) mass is 262 g/mol. The number of rotatable bonds is 1. The number of hydrogen-bond donors (Lipinski definition) is 1. The Kier molecular flexibility index (Phi) is 2.98. The molecule has 0 aliphatic rings. The standard InChI is InChI=1S/C8H11BrN2OS/c1-11-13(2,12)8-5-6(9)3-4-7(8)10/h3-5H,10H2,1-2H3. The van der Waals surface area contributed by atoms with E-state index in [2.05, 4.69) is 20.3 Å². The van der Waals surface area contributed by atoms with Crippen LogP contribution in [0.4, 0.5) is 5.69 Å². The molecule has 1 unspecified atom stereocenters. The molecule has 1 rings (SSSR count). The first kappa shape index (κ1) is 10.5. The fraction of sp³-hybridized carbons (Fsp3) is 0.250. The van der Waals surface area contributed by atoms with Crippen molar-refractivity contribution in [3.63, 3.8) is 0 Å². The highest BCUT2D eigenvalue weighted by Crippen LogP contribution is 2.23. The molecule has 5 heteroatoms. The molecule has 0 saturated carbocycles. The smallest absolute Gasteiger partial charge is 0.0741 e. The number of halogens is 1. The topological polar surface area (TPSA) is 55.5 Å². The van der Waals surface area contributed by atoms with Crippen LogP contribution in [0, 0.1) is 0 Å². The summed E-state index contributed by atoms with van der Waals surface area (Å²) in [6.45, 7) is 0. The molecule has 3 nitrogen and oxygen atoms in total. The van der Waals surface area contributed by atoms with Crippen molar-refractivity contribution >= 4 is 31.3 Å². The van der Waals surface area contributed by atoms with Crippen molar-refractivity contribution in [2.45, 2.75) is 4.90 Å². The summed E-state index contributed by atoms with van der Waals surface area (Å²) in [5, 5.41) is 0. The molecule has 0 fully saturated rings. The van der Waals surface area contributed by atoms with Crippen LogP contribution in [-0.2, 0) is 9.73 Å². The van der Waals surface area contributed by atoms with Gasteiger partial charge in [0, 0.05) is 23.5 Å². The Morgan fingerprint density at radius 3 is 2.69 bits per heavy atom. The lowest BCUT2D eigenvalue weighted by Gasteiger charge is -2.06. The number of benzene rings is 1. The van der Waals surface area contributed by atoms with Crippen molar-refractivity contribution in [2.75, 3.05) is 19.0 Å². The van der Waals surface area contributed by atoms with E-state index in [0.29, 0.717) is 10.6 Å². The van der Waals surface area contributed by atoms with E-state index in [1.807, 2.05) is 6.07 Å². The van der Waals surface area contributed by atoms with E-state index in [1.54, 1.807) is 18.4 Å². The van der Waals surface area contributed by atoms with Crippen LogP contribution in [0.5, 0.6) is 0 Å². The second-order valence-electron chi connectivity index (χ2n) is 2.67. The van der Waals surface area contributed by atoms with Gasteiger partial charge in [0.1, 0.15) is 0 Å². The zero-order valence-corrected chi connectivity index (χ0v) is 9.85. The largest absolute Gasteiger partial charge is 0.398 e. The van der Waals surface area contributed by atoms with Gasteiger partial charge in [-0.3, -0.25) is 0 Å². The molecular weight excluding hydrogens is 252 g/mol. The summed E-state index contributed by atoms with van der Waals surface area (Å²) in [7, 11) is -0.801. The van der Waals surface area contributed by atoms with Crippen molar-refractivity contribution < 1.29 is 4.21 Å². The molecule has 0 saturated heterocycles. The highest BCUT2D eigenvalue weighted by Gasteiger charge is 2.09.